The first-order chi connectivity index (χ1) is 15.9. The summed E-state index contributed by atoms with van der Waals surface area (Å²) in [6, 6.07) is 5.29. The van der Waals surface area contributed by atoms with Crippen molar-refractivity contribution >= 4 is 0 Å². The van der Waals surface area contributed by atoms with E-state index >= 15 is 0 Å². The largest absolute Gasteiger partial charge is 0.482 e. The Balaban J connectivity index is 1.47. The summed E-state index contributed by atoms with van der Waals surface area (Å²) in [6.45, 7) is 2.51. The Labute approximate surface area is 186 Å². The van der Waals surface area contributed by atoms with Gasteiger partial charge in [0.05, 0.1) is 19.1 Å². The molecule has 1 aliphatic rings. The number of methoxy groups -OCH3 is 1. The van der Waals surface area contributed by atoms with Crippen LogP contribution in [0.1, 0.15) is 30.5 Å². The summed E-state index contributed by atoms with van der Waals surface area (Å²) in [6.07, 6.45) is 4.23. The number of fused-ring (bicyclic) bond motifs is 1. The number of rotatable bonds is 5. The zero-order valence-electron chi connectivity index (χ0n) is 17.8. The fourth-order valence-electron chi connectivity index (χ4n) is 3.86. The van der Waals surface area contributed by atoms with E-state index in [2.05, 4.69) is 20.2 Å². The summed E-state index contributed by atoms with van der Waals surface area (Å²) in [5, 5.41) is 8.52. The highest BCUT2D eigenvalue weighted by Crippen LogP contribution is 2.34. The number of nitrogens with zero attached hydrogens (tertiary/aromatic N) is 6. The average Bonchev–Trinajstić information content (AvgIpc) is 3.44. The van der Waals surface area contributed by atoms with Crippen LogP contribution in [0.25, 0.3) is 17.2 Å². The molecule has 8 nitrogen and oxygen atoms in total. The number of ether oxygens (including phenoxy) is 2. The second-order valence-electron chi connectivity index (χ2n) is 7.63. The Morgan fingerprint density at radius 2 is 1.88 bits per heavy atom. The number of halogens is 3. The van der Waals surface area contributed by atoms with Gasteiger partial charge >= 0.3 is 0 Å². The van der Waals surface area contributed by atoms with Gasteiger partial charge in [0.15, 0.2) is 35.2 Å². The lowest BCUT2D eigenvalue weighted by atomic mass is 10.1. The molecule has 4 aromatic rings. The van der Waals surface area contributed by atoms with Gasteiger partial charge in [-0.3, -0.25) is 0 Å². The van der Waals surface area contributed by atoms with Gasteiger partial charge in [0.2, 0.25) is 5.88 Å². The third-order valence-electron chi connectivity index (χ3n) is 5.40. The van der Waals surface area contributed by atoms with Gasteiger partial charge in [-0.05, 0) is 31.9 Å². The molecule has 0 radical (unpaired) electrons. The molecule has 0 amide bonds. The minimum Gasteiger partial charge on any atom is -0.482 e. The Morgan fingerprint density at radius 3 is 2.58 bits per heavy atom. The van der Waals surface area contributed by atoms with Crippen LogP contribution < -0.4 is 9.47 Å². The van der Waals surface area contributed by atoms with Crippen LogP contribution in [-0.4, -0.2) is 36.4 Å². The van der Waals surface area contributed by atoms with Crippen molar-refractivity contribution in [1.29, 1.82) is 0 Å². The zero-order chi connectivity index (χ0) is 23.1. The van der Waals surface area contributed by atoms with Gasteiger partial charge in [-0.25, -0.2) is 23.1 Å². The first kappa shape index (κ1) is 21.0. The second-order valence-corrected chi connectivity index (χ2v) is 7.63. The number of hydrogen-bond acceptors (Lipinski definition) is 6. The first-order valence-electron chi connectivity index (χ1n) is 10.2. The van der Waals surface area contributed by atoms with Crippen molar-refractivity contribution in [1.82, 2.24) is 29.3 Å². The number of aromatic nitrogens is 6. The van der Waals surface area contributed by atoms with E-state index in [-0.39, 0.29) is 5.75 Å². The molecular formula is C22H19F3N6O2. The van der Waals surface area contributed by atoms with Crippen LogP contribution in [0.3, 0.4) is 0 Å². The van der Waals surface area contributed by atoms with E-state index < -0.39 is 23.6 Å². The number of pyridine rings is 1. The van der Waals surface area contributed by atoms with Gasteiger partial charge in [0, 0.05) is 24.9 Å². The Kier molecular flexibility index (Phi) is 5.23. The third kappa shape index (κ3) is 3.79. The minimum absolute atomic E-state index is 0.117. The van der Waals surface area contributed by atoms with Crippen LogP contribution in [0, 0.1) is 24.4 Å². The maximum atomic E-state index is 13.6. The van der Waals surface area contributed by atoms with Gasteiger partial charge in [-0.2, -0.15) is 0 Å². The van der Waals surface area contributed by atoms with Crippen LogP contribution in [0.2, 0.25) is 0 Å². The molecule has 0 fully saturated rings. The number of aryl methyl sites for hydroxylation is 1. The summed E-state index contributed by atoms with van der Waals surface area (Å²) >= 11 is 0. The Morgan fingerprint density at radius 1 is 1.09 bits per heavy atom. The molecule has 4 heterocycles. The van der Waals surface area contributed by atoms with E-state index in [4.69, 9.17) is 9.47 Å². The van der Waals surface area contributed by atoms with Crippen molar-refractivity contribution in [2.24, 2.45) is 0 Å². The normalized spacial score (nSPS) is 15.4. The van der Waals surface area contributed by atoms with Crippen molar-refractivity contribution in [2.45, 2.75) is 32.4 Å². The predicted octanol–water partition coefficient (Wildman–Crippen LogP) is 4.17. The van der Waals surface area contributed by atoms with Crippen LogP contribution in [-0.2, 0) is 6.54 Å². The lowest BCUT2D eigenvalue weighted by Gasteiger charge is -2.24. The molecule has 170 valence electrons. The topological polar surface area (TPSA) is 79.9 Å². The molecule has 0 saturated heterocycles. The molecular weight excluding hydrogens is 437 g/mol. The van der Waals surface area contributed by atoms with Gasteiger partial charge in [-0.1, -0.05) is 0 Å². The quantitative estimate of drug-likeness (QED) is 0.420. The fourth-order valence-corrected chi connectivity index (χ4v) is 3.86. The Hall–Kier alpha value is -3.89. The summed E-state index contributed by atoms with van der Waals surface area (Å²) in [5.41, 5.74) is 2.13. The van der Waals surface area contributed by atoms with Crippen molar-refractivity contribution < 1.29 is 22.6 Å². The van der Waals surface area contributed by atoms with Gasteiger partial charge < -0.3 is 18.6 Å². The van der Waals surface area contributed by atoms with Crippen molar-refractivity contribution in [3.63, 3.8) is 0 Å². The maximum Gasteiger partial charge on any atom is 0.238 e. The minimum atomic E-state index is -1.54. The van der Waals surface area contributed by atoms with E-state index in [1.807, 2.05) is 28.3 Å². The van der Waals surface area contributed by atoms with Gasteiger partial charge in [-0.15, -0.1) is 10.2 Å². The molecule has 3 aromatic heterocycles. The molecule has 33 heavy (non-hydrogen) atoms. The molecule has 0 bridgehead atoms. The number of benzene rings is 1. The van der Waals surface area contributed by atoms with Crippen LogP contribution in [0.5, 0.6) is 11.6 Å². The maximum absolute atomic E-state index is 13.6. The van der Waals surface area contributed by atoms with E-state index in [0.717, 1.165) is 29.9 Å². The average molecular weight is 456 g/mol. The number of hydrogen-bond donors (Lipinski definition) is 0. The van der Waals surface area contributed by atoms with Crippen LogP contribution in [0.15, 0.2) is 36.8 Å². The molecule has 1 aliphatic heterocycles. The van der Waals surface area contributed by atoms with Crippen molar-refractivity contribution in [3.05, 3.63) is 65.8 Å². The van der Waals surface area contributed by atoms with E-state index in [9.17, 15) is 13.2 Å². The molecule has 0 N–H and O–H groups in total. The smallest absolute Gasteiger partial charge is 0.238 e. The molecule has 0 aliphatic carbocycles. The van der Waals surface area contributed by atoms with Gasteiger partial charge in [0.1, 0.15) is 17.1 Å². The highest BCUT2D eigenvalue weighted by atomic mass is 19.2. The van der Waals surface area contributed by atoms with Crippen LogP contribution >= 0.6 is 0 Å². The van der Waals surface area contributed by atoms with Crippen molar-refractivity contribution in [3.8, 4) is 28.8 Å². The Bertz CT molecular complexity index is 1310. The molecule has 0 spiro atoms. The third-order valence-corrected chi connectivity index (χ3v) is 5.40. The monoisotopic (exact) mass is 456 g/mol. The molecule has 1 atom stereocenters. The fraction of sp³-hybridized carbons (Fsp3) is 0.273. The zero-order valence-corrected chi connectivity index (χ0v) is 17.8. The highest BCUT2D eigenvalue weighted by Gasteiger charge is 2.29. The standard InChI is InChI=1S/C22H19F3N6O2/c1-12-10-30(11-26-12)17-6-5-16(27-22(17)32-2)20-28-29-21-18(4-3-7-31(20)21)33-13-8-14(23)19(25)15(24)9-13/h5-6,8-11,18H,3-4,7H2,1-2H3. The van der Waals surface area contributed by atoms with Crippen molar-refractivity contribution in [2.75, 3.05) is 7.11 Å². The van der Waals surface area contributed by atoms with Gasteiger partial charge in [0.25, 0.3) is 0 Å². The first-order valence-corrected chi connectivity index (χ1v) is 10.2. The highest BCUT2D eigenvalue weighted by molar-refractivity contribution is 5.56. The molecule has 11 heteroatoms. The van der Waals surface area contributed by atoms with E-state index in [0.29, 0.717) is 36.2 Å². The van der Waals surface area contributed by atoms with Crippen LogP contribution in [0.4, 0.5) is 13.2 Å². The van der Waals surface area contributed by atoms with E-state index in [1.165, 1.54) is 7.11 Å². The molecule has 5 rings (SSSR count). The molecule has 1 aromatic carbocycles. The molecule has 1 unspecified atom stereocenters. The second kappa shape index (κ2) is 8.23. The summed E-state index contributed by atoms with van der Waals surface area (Å²) in [5.74, 6) is -2.87. The summed E-state index contributed by atoms with van der Waals surface area (Å²) in [7, 11) is 1.53. The lowest BCUT2D eigenvalue weighted by molar-refractivity contribution is 0.157. The SMILES string of the molecule is COc1nc(-c2nnc3n2CCCC3Oc2cc(F)c(F)c(F)c2)ccc1-n1cnc(C)c1. The predicted molar refractivity (Wildman–Crippen MR) is 111 cm³/mol. The lowest BCUT2D eigenvalue weighted by Crippen LogP contribution is -2.21. The molecule has 0 saturated carbocycles. The summed E-state index contributed by atoms with van der Waals surface area (Å²) < 4.78 is 55.3. The number of imidazole rings is 1. The van der Waals surface area contributed by atoms with E-state index in [1.54, 1.807) is 12.4 Å². The summed E-state index contributed by atoms with van der Waals surface area (Å²) in [4.78, 5) is 8.82.